The Labute approximate surface area is 124 Å². The second-order valence-corrected chi connectivity index (χ2v) is 6.25. The predicted octanol–water partition coefficient (Wildman–Crippen LogP) is 3.75. The predicted molar refractivity (Wildman–Crippen MR) is 81.4 cm³/mol. The van der Waals surface area contributed by atoms with E-state index in [2.05, 4.69) is 18.7 Å². The van der Waals surface area contributed by atoms with E-state index in [1.165, 1.54) is 18.4 Å². The van der Waals surface area contributed by atoms with Crippen LogP contribution in [0.3, 0.4) is 0 Å². The van der Waals surface area contributed by atoms with Crippen LogP contribution in [0.2, 0.25) is 0 Å². The third-order valence-corrected chi connectivity index (χ3v) is 4.10. The molecule has 0 atom stereocenters. The van der Waals surface area contributed by atoms with Gasteiger partial charge in [0.25, 0.3) is 0 Å². The maximum atomic E-state index is 10.9. The van der Waals surface area contributed by atoms with Gasteiger partial charge < -0.3 is 9.52 Å². The van der Waals surface area contributed by atoms with Crippen molar-refractivity contribution in [3.8, 4) is 0 Å². The number of aromatic carboxylic acids is 1. The molecule has 0 spiro atoms. The third-order valence-electron chi connectivity index (χ3n) is 4.10. The largest absolute Gasteiger partial charge is 0.475 e. The molecule has 0 unspecified atom stereocenters. The Hall–Kier alpha value is -1.81. The van der Waals surface area contributed by atoms with E-state index in [1.54, 1.807) is 6.07 Å². The number of benzene rings is 1. The first-order chi connectivity index (χ1) is 10.0. The number of nitrogens with zero attached hydrogens (tertiary/aromatic N) is 1. The molecule has 1 aromatic heterocycles. The van der Waals surface area contributed by atoms with Crippen molar-refractivity contribution in [2.45, 2.75) is 39.3 Å². The summed E-state index contributed by atoms with van der Waals surface area (Å²) in [6.07, 6.45) is 2.71. The lowest BCUT2D eigenvalue weighted by molar-refractivity contribution is 0.0665. The first kappa shape index (κ1) is 14.1. The molecule has 21 heavy (non-hydrogen) atoms. The number of carboxylic acid groups (broad SMARTS) is 1. The van der Waals surface area contributed by atoms with Gasteiger partial charge in [-0.15, -0.1) is 0 Å². The first-order valence-corrected chi connectivity index (χ1v) is 7.53. The van der Waals surface area contributed by atoms with Gasteiger partial charge in [-0.25, -0.2) is 4.79 Å². The second kappa shape index (κ2) is 5.53. The summed E-state index contributed by atoms with van der Waals surface area (Å²) in [7, 11) is 0. The van der Waals surface area contributed by atoms with Gasteiger partial charge in [0.05, 0.1) is 0 Å². The lowest BCUT2D eigenvalue weighted by atomic mass is 10.1. The zero-order valence-corrected chi connectivity index (χ0v) is 12.5. The van der Waals surface area contributed by atoms with Gasteiger partial charge >= 0.3 is 5.97 Å². The number of carboxylic acids is 1. The highest BCUT2D eigenvalue weighted by atomic mass is 16.4. The van der Waals surface area contributed by atoms with Gasteiger partial charge in [-0.1, -0.05) is 6.07 Å². The molecular weight excluding hydrogens is 266 g/mol. The molecular formula is C17H21NO3. The van der Waals surface area contributed by atoms with Crippen LogP contribution in [0.5, 0.6) is 0 Å². The maximum absolute atomic E-state index is 10.9. The van der Waals surface area contributed by atoms with E-state index in [0.717, 1.165) is 24.4 Å². The minimum absolute atomic E-state index is 0.000783. The molecule has 0 amide bonds. The highest BCUT2D eigenvalue weighted by Gasteiger charge is 2.25. The van der Waals surface area contributed by atoms with Gasteiger partial charge in [-0.3, -0.25) is 4.90 Å². The normalized spacial score (nSPS) is 15.2. The van der Waals surface area contributed by atoms with Gasteiger partial charge in [-0.05, 0) is 56.4 Å². The average molecular weight is 287 g/mol. The topological polar surface area (TPSA) is 53.7 Å². The van der Waals surface area contributed by atoms with E-state index >= 15 is 0 Å². The van der Waals surface area contributed by atoms with Crippen molar-refractivity contribution in [2.24, 2.45) is 5.92 Å². The monoisotopic (exact) mass is 287 g/mol. The maximum Gasteiger partial charge on any atom is 0.371 e. The summed E-state index contributed by atoms with van der Waals surface area (Å²) < 4.78 is 5.30. The van der Waals surface area contributed by atoms with Crippen LogP contribution in [0, 0.1) is 5.92 Å². The molecule has 1 saturated carbocycles. The van der Waals surface area contributed by atoms with Crippen LogP contribution >= 0.6 is 0 Å². The molecule has 1 fully saturated rings. The van der Waals surface area contributed by atoms with Crippen LogP contribution in [-0.4, -0.2) is 28.6 Å². The summed E-state index contributed by atoms with van der Waals surface area (Å²) in [4.78, 5) is 13.4. The van der Waals surface area contributed by atoms with Crippen LogP contribution in [0.1, 0.15) is 42.8 Å². The summed E-state index contributed by atoms with van der Waals surface area (Å²) in [5, 5.41) is 9.84. The van der Waals surface area contributed by atoms with Crippen LogP contribution in [0.4, 0.5) is 0 Å². The summed E-state index contributed by atoms with van der Waals surface area (Å²) in [6, 6.07) is 8.04. The van der Waals surface area contributed by atoms with Crippen LogP contribution < -0.4 is 0 Å². The van der Waals surface area contributed by atoms with Gasteiger partial charge in [0, 0.05) is 24.5 Å². The number of rotatable bonds is 6. The van der Waals surface area contributed by atoms with Crippen molar-refractivity contribution in [3.63, 3.8) is 0 Å². The van der Waals surface area contributed by atoms with Crippen molar-refractivity contribution in [2.75, 3.05) is 6.54 Å². The molecule has 2 aromatic rings. The van der Waals surface area contributed by atoms with Crippen molar-refractivity contribution >= 4 is 16.9 Å². The smallest absolute Gasteiger partial charge is 0.371 e. The van der Waals surface area contributed by atoms with Gasteiger partial charge in [-0.2, -0.15) is 0 Å². The molecule has 1 heterocycles. The van der Waals surface area contributed by atoms with Crippen molar-refractivity contribution < 1.29 is 14.3 Å². The Morgan fingerprint density at radius 1 is 1.38 bits per heavy atom. The summed E-state index contributed by atoms with van der Waals surface area (Å²) >= 11 is 0. The number of hydrogen-bond donors (Lipinski definition) is 1. The SMILES string of the molecule is CC(C)N(Cc1ccc2oc(C(=O)O)cc2c1)CC1CC1. The second-order valence-electron chi connectivity index (χ2n) is 6.25. The Morgan fingerprint density at radius 2 is 2.14 bits per heavy atom. The molecule has 0 aliphatic heterocycles. The van der Waals surface area contributed by atoms with E-state index in [1.807, 2.05) is 18.2 Å². The van der Waals surface area contributed by atoms with E-state index in [0.29, 0.717) is 11.6 Å². The molecule has 4 nitrogen and oxygen atoms in total. The summed E-state index contributed by atoms with van der Waals surface area (Å²) in [5.41, 5.74) is 1.84. The van der Waals surface area contributed by atoms with Crippen LogP contribution in [-0.2, 0) is 6.54 Å². The highest BCUT2D eigenvalue weighted by molar-refractivity contribution is 5.91. The Morgan fingerprint density at radius 3 is 2.76 bits per heavy atom. The van der Waals surface area contributed by atoms with Gasteiger partial charge in [0.15, 0.2) is 0 Å². The van der Waals surface area contributed by atoms with Crippen molar-refractivity contribution in [1.82, 2.24) is 4.90 Å². The molecule has 112 valence electrons. The third kappa shape index (κ3) is 3.27. The fourth-order valence-electron chi connectivity index (χ4n) is 2.62. The molecule has 1 aliphatic carbocycles. The molecule has 0 saturated heterocycles. The summed E-state index contributed by atoms with van der Waals surface area (Å²) in [5.74, 6) is -0.158. The number of fused-ring (bicyclic) bond motifs is 1. The number of hydrogen-bond acceptors (Lipinski definition) is 3. The quantitative estimate of drug-likeness (QED) is 0.879. The van der Waals surface area contributed by atoms with E-state index in [4.69, 9.17) is 9.52 Å². The van der Waals surface area contributed by atoms with Crippen LogP contribution in [0.25, 0.3) is 11.0 Å². The molecule has 1 aliphatic rings. The summed E-state index contributed by atoms with van der Waals surface area (Å²) in [6.45, 7) is 6.50. The number of carbonyl (C=O) groups is 1. The Kier molecular flexibility index (Phi) is 3.72. The van der Waals surface area contributed by atoms with E-state index < -0.39 is 5.97 Å². The Balaban J connectivity index is 1.80. The average Bonchev–Trinajstić information content (AvgIpc) is 3.14. The van der Waals surface area contributed by atoms with Crippen molar-refractivity contribution in [3.05, 3.63) is 35.6 Å². The zero-order chi connectivity index (χ0) is 15.0. The minimum atomic E-state index is -1.02. The van der Waals surface area contributed by atoms with Gasteiger partial charge in [0.1, 0.15) is 5.58 Å². The van der Waals surface area contributed by atoms with E-state index in [9.17, 15) is 4.79 Å². The minimum Gasteiger partial charge on any atom is -0.475 e. The fourth-order valence-corrected chi connectivity index (χ4v) is 2.62. The highest BCUT2D eigenvalue weighted by Crippen LogP contribution is 2.31. The lowest BCUT2D eigenvalue weighted by Crippen LogP contribution is -2.32. The van der Waals surface area contributed by atoms with Gasteiger partial charge in [0.2, 0.25) is 5.76 Å². The Bertz CT molecular complexity index is 655. The van der Waals surface area contributed by atoms with Crippen molar-refractivity contribution in [1.29, 1.82) is 0 Å². The molecule has 1 N–H and O–H groups in total. The molecule has 0 bridgehead atoms. The standard InChI is InChI=1S/C17H21NO3/c1-11(2)18(9-12-3-4-12)10-13-5-6-15-14(7-13)8-16(21-15)17(19)20/h5-8,11-12H,3-4,9-10H2,1-2H3,(H,19,20). The lowest BCUT2D eigenvalue weighted by Gasteiger charge is -2.26. The molecule has 3 rings (SSSR count). The van der Waals surface area contributed by atoms with E-state index in [-0.39, 0.29) is 5.76 Å². The molecule has 4 heteroatoms. The fraction of sp³-hybridized carbons (Fsp3) is 0.471. The number of furan rings is 1. The zero-order valence-electron chi connectivity index (χ0n) is 12.5. The van der Waals surface area contributed by atoms with Crippen LogP contribution in [0.15, 0.2) is 28.7 Å². The molecule has 0 radical (unpaired) electrons. The first-order valence-electron chi connectivity index (χ1n) is 7.53. The molecule has 1 aromatic carbocycles.